The molecule has 1 rings (SSSR count). The van der Waals surface area contributed by atoms with Gasteiger partial charge in [-0.25, -0.2) is 0 Å². The van der Waals surface area contributed by atoms with E-state index in [2.05, 4.69) is 69.3 Å². The second-order valence-corrected chi connectivity index (χ2v) is 5.70. The van der Waals surface area contributed by atoms with Crippen LogP contribution >= 0.6 is 22.6 Å². The van der Waals surface area contributed by atoms with Crippen molar-refractivity contribution in [1.29, 1.82) is 0 Å². The number of hydrogen-bond acceptors (Lipinski definition) is 0. The first-order valence-electron chi connectivity index (χ1n) is 4.60. The van der Waals surface area contributed by atoms with Gasteiger partial charge in [0.2, 0.25) is 0 Å². The highest BCUT2D eigenvalue weighted by Crippen LogP contribution is 2.29. The molecule has 0 nitrogen and oxygen atoms in total. The average molecular weight is 288 g/mol. The van der Waals surface area contributed by atoms with Crippen LogP contribution in [-0.4, -0.2) is 0 Å². The van der Waals surface area contributed by atoms with Crippen LogP contribution in [0, 0.1) is 17.4 Å². The highest BCUT2D eigenvalue weighted by molar-refractivity contribution is 14.1. The lowest BCUT2D eigenvalue weighted by Gasteiger charge is -2.23. The Morgan fingerprint density at radius 3 is 2.08 bits per heavy atom. The molecule has 0 spiro atoms. The maximum atomic E-state index is 2.43. The summed E-state index contributed by atoms with van der Waals surface area (Å²) in [7, 11) is 0. The maximum Gasteiger partial charge on any atom is 0.0191 e. The van der Waals surface area contributed by atoms with Crippen LogP contribution < -0.4 is 0 Å². The first-order valence-corrected chi connectivity index (χ1v) is 5.68. The Bertz CT molecular complexity index is 319. The standard InChI is InChI=1S/C12H17I/c1-8-6-7-10(12(3,4)5)9(2)11(8)13/h6-7H,1-5H3. The smallest absolute Gasteiger partial charge is 0.0191 e. The van der Waals surface area contributed by atoms with Gasteiger partial charge in [0, 0.05) is 3.57 Å². The van der Waals surface area contributed by atoms with Crippen molar-refractivity contribution in [2.45, 2.75) is 40.0 Å². The van der Waals surface area contributed by atoms with Crippen molar-refractivity contribution in [2.24, 2.45) is 0 Å². The maximum absolute atomic E-state index is 2.43. The van der Waals surface area contributed by atoms with E-state index in [-0.39, 0.29) is 5.41 Å². The van der Waals surface area contributed by atoms with Crippen LogP contribution in [-0.2, 0) is 5.41 Å². The van der Waals surface area contributed by atoms with E-state index >= 15 is 0 Å². The van der Waals surface area contributed by atoms with E-state index in [9.17, 15) is 0 Å². The first kappa shape index (κ1) is 11.0. The molecular formula is C12H17I. The highest BCUT2D eigenvalue weighted by atomic mass is 127. The Morgan fingerprint density at radius 2 is 1.62 bits per heavy atom. The van der Waals surface area contributed by atoms with E-state index in [0.717, 1.165) is 0 Å². The largest absolute Gasteiger partial charge is 0.0580 e. The molecule has 0 aliphatic carbocycles. The minimum absolute atomic E-state index is 0.262. The van der Waals surface area contributed by atoms with Crippen LogP contribution in [0.2, 0.25) is 0 Å². The topological polar surface area (TPSA) is 0 Å². The molecule has 13 heavy (non-hydrogen) atoms. The highest BCUT2D eigenvalue weighted by Gasteiger charge is 2.17. The Hall–Kier alpha value is -0.0500. The minimum atomic E-state index is 0.262. The van der Waals surface area contributed by atoms with E-state index in [1.165, 1.54) is 20.3 Å². The van der Waals surface area contributed by atoms with Gasteiger partial charge in [-0.1, -0.05) is 32.9 Å². The molecule has 1 aromatic rings. The summed E-state index contributed by atoms with van der Waals surface area (Å²) < 4.78 is 1.41. The molecule has 0 unspecified atom stereocenters. The van der Waals surface area contributed by atoms with Gasteiger partial charge in [0.25, 0.3) is 0 Å². The molecule has 0 aliphatic rings. The lowest BCUT2D eigenvalue weighted by molar-refractivity contribution is 0.585. The summed E-state index contributed by atoms with van der Waals surface area (Å²) >= 11 is 2.43. The molecule has 72 valence electrons. The van der Waals surface area contributed by atoms with Gasteiger partial charge in [-0.2, -0.15) is 0 Å². The van der Waals surface area contributed by atoms with Gasteiger partial charge < -0.3 is 0 Å². The molecule has 0 amide bonds. The normalized spacial score (nSPS) is 11.8. The molecule has 0 bridgehead atoms. The fourth-order valence-corrected chi connectivity index (χ4v) is 2.10. The zero-order valence-corrected chi connectivity index (χ0v) is 11.2. The number of halogens is 1. The molecule has 1 aromatic carbocycles. The molecule has 0 aromatic heterocycles. The fourth-order valence-electron chi connectivity index (χ4n) is 1.63. The van der Waals surface area contributed by atoms with Crippen molar-refractivity contribution in [3.8, 4) is 0 Å². The van der Waals surface area contributed by atoms with Crippen molar-refractivity contribution in [2.75, 3.05) is 0 Å². The third-order valence-corrected chi connectivity index (χ3v) is 4.05. The van der Waals surface area contributed by atoms with Crippen molar-refractivity contribution < 1.29 is 0 Å². The van der Waals surface area contributed by atoms with E-state index in [1.807, 2.05) is 0 Å². The molecule has 0 heterocycles. The monoisotopic (exact) mass is 288 g/mol. The predicted octanol–water partition coefficient (Wildman–Crippen LogP) is 4.21. The second kappa shape index (κ2) is 3.60. The summed E-state index contributed by atoms with van der Waals surface area (Å²) in [4.78, 5) is 0. The molecular weight excluding hydrogens is 271 g/mol. The van der Waals surface area contributed by atoms with E-state index < -0.39 is 0 Å². The summed E-state index contributed by atoms with van der Waals surface area (Å²) in [6, 6.07) is 4.47. The van der Waals surface area contributed by atoms with Gasteiger partial charge in [0.1, 0.15) is 0 Å². The van der Waals surface area contributed by atoms with Gasteiger partial charge in [-0.3, -0.25) is 0 Å². The van der Waals surface area contributed by atoms with Crippen molar-refractivity contribution in [3.05, 3.63) is 32.4 Å². The van der Waals surface area contributed by atoms with E-state index in [1.54, 1.807) is 0 Å². The van der Waals surface area contributed by atoms with E-state index in [4.69, 9.17) is 0 Å². The van der Waals surface area contributed by atoms with Crippen LogP contribution in [0.5, 0.6) is 0 Å². The molecule has 0 saturated heterocycles. The lowest BCUT2D eigenvalue weighted by atomic mass is 9.84. The van der Waals surface area contributed by atoms with Crippen molar-refractivity contribution in [3.63, 3.8) is 0 Å². The van der Waals surface area contributed by atoms with Crippen LogP contribution in [0.1, 0.15) is 37.5 Å². The quantitative estimate of drug-likeness (QED) is 0.627. The van der Waals surface area contributed by atoms with Crippen LogP contribution in [0.4, 0.5) is 0 Å². The number of aryl methyl sites for hydroxylation is 1. The molecule has 0 atom stereocenters. The molecule has 0 aliphatic heterocycles. The van der Waals surface area contributed by atoms with E-state index in [0.29, 0.717) is 0 Å². The third-order valence-electron chi connectivity index (χ3n) is 2.39. The summed E-state index contributed by atoms with van der Waals surface area (Å²) in [6.07, 6.45) is 0. The van der Waals surface area contributed by atoms with Crippen molar-refractivity contribution in [1.82, 2.24) is 0 Å². The zero-order chi connectivity index (χ0) is 10.2. The van der Waals surface area contributed by atoms with Crippen LogP contribution in [0.15, 0.2) is 12.1 Å². The average Bonchev–Trinajstić information content (AvgIpc) is 1.98. The molecule has 0 fully saturated rings. The summed E-state index contributed by atoms with van der Waals surface area (Å²) in [6.45, 7) is 11.2. The Kier molecular flexibility index (Phi) is 3.05. The van der Waals surface area contributed by atoms with Crippen LogP contribution in [0.25, 0.3) is 0 Å². The summed E-state index contributed by atoms with van der Waals surface area (Å²) in [5, 5.41) is 0. The SMILES string of the molecule is Cc1ccc(C(C)(C)C)c(C)c1I. The number of hydrogen-bond donors (Lipinski definition) is 0. The number of rotatable bonds is 0. The Labute approximate surface area is 94.9 Å². The number of benzene rings is 1. The Morgan fingerprint density at radius 1 is 1.08 bits per heavy atom. The predicted molar refractivity (Wildman–Crippen MR) is 67.3 cm³/mol. The molecule has 0 radical (unpaired) electrons. The third kappa shape index (κ3) is 2.25. The van der Waals surface area contributed by atoms with Crippen molar-refractivity contribution >= 4 is 22.6 Å². The van der Waals surface area contributed by atoms with Gasteiger partial charge >= 0.3 is 0 Å². The minimum Gasteiger partial charge on any atom is -0.0580 e. The summed E-state index contributed by atoms with van der Waals surface area (Å²) in [5.41, 5.74) is 4.54. The Balaban J connectivity index is 3.35. The molecule has 0 saturated carbocycles. The fraction of sp³-hybridized carbons (Fsp3) is 0.500. The van der Waals surface area contributed by atoms with Crippen LogP contribution in [0.3, 0.4) is 0 Å². The molecule has 1 heteroatoms. The van der Waals surface area contributed by atoms with Gasteiger partial charge in [0.05, 0.1) is 0 Å². The second-order valence-electron chi connectivity index (χ2n) is 4.62. The zero-order valence-electron chi connectivity index (χ0n) is 9.03. The molecule has 0 N–H and O–H groups in total. The lowest BCUT2D eigenvalue weighted by Crippen LogP contribution is -2.14. The first-order chi connectivity index (χ1) is 5.84. The summed E-state index contributed by atoms with van der Waals surface area (Å²) in [5.74, 6) is 0. The van der Waals surface area contributed by atoms with Gasteiger partial charge in [-0.15, -0.1) is 0 Å². The van der Waals surface area contributed by atoms with Gasteiger partial charge in [-0.05, 0) is 58.5 Å². The van der Waals surface area contributed by atoms with Gasteiger partial charge in [0.15, 0.2) is 0 Å².